The molecule has 0 saturated carbocycles. The van der Waals surface area contributed by atoms with Crippen molar-refractivity contribution in [1.29, 1.82) is 0 Å². The van der Waals surface area contributed by atoms with E-state index in [0.717, 1.165) is 6.42 Å². The van der Waals surface area contributed by atoms with Gasteiger partial charge in [-0.3, -0.25) is 4.79 Å². The molecular weight excluding hydrogens is 198 g/mol. The van der Waals surface area contributed by atoms with Gasteiger partial charge in [-0.2, -0.15) is 0 Å². The van der Waals surface area contributed by atoms with Crippen LogP contribution in [0.4, 0.5) is 0 Å². The van der Waals surface area contributed by atoms with Gasteiger partial charge in [0.1, 0.15) is 6.61 Å². The number of oxime groups is 1. The van der Waals surface area contributed by atoms with E-state index in [0.29, 0.717) is 13.0 Å². The molecular formula is C9H19N3O3. The molecule has 0 saturated heterocycles. The minimum absolute atomic E-state index is 0.00454. The predicted octanol–water partition coefficient (Wildman–Crippen LogP) is 0.0542. The van der Waals surface area contributed by atoms with E-state index in [2.05, 4.69) is 10.5 Å². The van der Waals surface area contributed by atoms with Crippen molar-refractivity contribution in [2.75, 3.05) is 13.2 Å². The van der Waals surface area contributed by atoms with Crippen LogP contribution >= 0.6 is 0 Å². The van der Waals surface area contributed by atoms with Crippen LogP contribution in [0, 0.1) is 0 Å². The number of hydrogen-bond donors (Lipinski definition) is 3. The molecule has 0 aromatic rings. The molecule has 6 nitrogen and oxygen atoms in total. The van der Waals surface area contributed by atoms with Gasteiger partial charge in [0.05, 0.1) is 6.04 Å². The normalized spacial score (nSPS) is 13.6. The lowest BCUT2D eigenvalue weighted by molar-refractivity contribution is -0.125. The summed E-state index contributed by atoms with van der Waals surface area (Å²) in [6.07, 6.45) is 1.46. The lowest BCUT2D eigenvalue weighted by Crippen LogP contribution is -2.45. The molecule has 0 radical (unpaired) electrons. The number of carbonyl (C=O) groups is 1. The van der Waals surface area contributed by atoms with Crippen LogP contribution in [0.1, 0.15) is 26.7 Å². The van der Waals surface area contributed by atoms with E-state index >= 15 is 0 Å². The smallest absolute Gasteiger partial charge is 0.246 e. The third kappa shape index (κ3) is 5.90. The summed E-state index contributed by atoms with van der Waals surface area (Å²) < 4.78 is 4.93. The lowest BCUT2D eigenvalue weighted by atomic mass is 10.1. The summed E-state index contributed by atoms with van der Waals surface area (Å²) in [5.41, 5.74) is 5.42. The number of ether oxygens (including phenoxy) is 1. The molecule has 0 rings (SSSR count). The van der Waals surface area contributed by atoms with E-state index in [-0.39, 0.29) is 18.3 Å². The molecule has 1 amide bonds. The average molecular weight is 217 g/mol. The van der Waals surface area contributed by atoms with E-state index in [1.54, 1.807) is 6.92 Å². The van der Waals surface area contributed by atoms with Gasteiger partial charge in [0, 0.05) is 6.61 Å². The topological polar surface area (TPSA) is 96.9 Å². The second kappa shape index (κ2) is 8.05. The number of nitrogens with one attached hydrogen (secondary N) is 1. The molecule has 0 aliphatic heterocycles. The van der Waals surface area contributed by atoms with E-state index in [9.17, 15) is 4.79 Å². The molecule has 0 spiro atoms. The molecule has 0 aliphatic carbocycles. The van der Waals surface area contributed by atoms with E-state index in [1.807, 2.05) is 6.92 Å². The summed E-state index contributed by atoms with van der Waals surface area (Å²) in [5.74, 6) is -0.247. The highest BCUT2D eigenvalue weighted by molar-refractivity contribution is 5.90. The largest absolute Gasteiger partial charge is 0.409 e. The van der Waals surface area contributed by atoms with Crippen molar-refractivity contribution in [3.63, 3.8) is 0 Å². The Bertz CT molecular complexity index is 219. The molecule has 0 fully saturated rings. The van der Waals surface area contributed by atoms with Crippen LogP contribution in [-0.2, 0) is 9.53 Å². The van der Waals surface area contributed by atoms with Gasteiger partial charge in [0.25, 0.3) is 0 Å². The summed E-state index contributed by atoms with van der Waals surface area (Å²) in [6, 6.07) is -0.423. The Balaban J connectivity index is 4.10. The van der Waals surface area contributed by atoms with Crippen molar-refractivity contribution in [3.8, 4) is 0 Å². The van der Waals surface area contributed by atoms with Crippen molar-refractivity contribution >= 4 is 11.7 Å². The highest BCUT2D eigenvalue weighted by Crippen LogP contribution is 1.96. The van der Waals surface area contributed by atoms with Gasteiger partial charge in [0.2, 0.25) is 5.91 Å². The van der Waals surface area contributed by atoms with E-state index in [1.165, 1.54) is 0 Å². The zero-order valence-corrected chi connectivity index (χ0v) is 9.19. The standard InChI is InChI=1S/C9H19N3O3/c1-3-5-7(9(10)12-14)11-8(13)6-15-4-2/h7,14H,3-6H2,1-2H3,(H2,10,12)(H,11,13). The second-order valence-corrected chi connectivity index (χ2v) is 3.07. The first kappa shape index (κ1) is 13.7. The highest BCUT2D eigenvalue weighted by Gasteiger charge is 2.15. The molecule has 0 aromatic carbocycles. The average Bonchev–Trinajstić information content (AvgIpc) is 2.24. The third-order valence-electron chi connectivity index (χ3n) is 1.82. The zero-order valence-electron chi connectivity index (χ0n) is 9.19. The molecule has 6 heteroatoms. The van der Waals surface area contributed by atoms with Crippen molar-refractivity contribution in [1.82, 2.24) is 5.32 Å². The fourth-order valence-electron chi connectivity index (χ4n) is 1.08. The summed E-state index contributed by atoms with van der Waals surface area (Å²) in [5, 5.41) is 14.0. The first-order chi connectivity index (χ1) is 7.15. The van der Waals surface area contributed by atoms with Crippen LogP contribution in [0.25, 0.3) is 0 Å². The third-order valence-corrected chi connectivity index (χ3v) is 1.82. The second-order valence-electron chi connectivity index (χ2n) is 3.07. The Morgan fingerprint density at radius 2 is 2.27 bits per heavy atom. The Labute approximate surface area is 89.5 Å². The van der Waals surface area contributed by atoms with Crippen LogP contribution in [0.5, 0.6) is 0 Å². The summed E-state index contributed by atoms with van der Waals surface area (Å²) in [4.78, 5) is 11.3. The first-order valence-corrected chi connectivity index (χ1v) is 5.00. The van der Waals surface area contributed by atoms with Gasteiger partial charge in [-0.1, -0.05) is 18.5 Å². The molecule has 0 heterocycles. The van der Waals surface area contributed by atoms with Crippen molar-refractivity contribution < 1.29 is 14.7 Å². The Morgan fingerprint density at radius 3 is 2.73 bits per heavy atom. The molecule has 4 N–H and O–H groups in total. The van der Waals surface area contributed by atoms with Crippen LogP contribution in [0.2, 0.25) is 0 Å². The SMILES string of the molecule is CCCC(NC(=O)COCC)/C(N)=N/O. The van der Waals surface area contributed by atoms with E-state index in [4.69, 9.17) is 15.7 Å². The van der Waals surface area contributed by atoms with Gasteiger partial charge in [-0.15, -0.1) is 0 Å². The molecule has 1 unspecified atom stereocenters. The Kier molecular flexibility index (Phi) is 7.35. The summed E-state index contributed by atoms with van der Waals surface area (Å²) >= 11 is 0. The van der Waals surface area contributed by atoms with Gasteiger partial charge in [0.15, 0.2) is 5.84 Å². The van der Waals surface area contributed by atoms with Gasteiger partial charge in [-0.25, -0.2) is 0 Å². The Morgan fingerprint density at radius 1 is 1.60 bits per heavy atom. The minimum Gasteiger partial charge on any atom is -0.409 e. The molecule has 15 heavy (non-hydrogen) atoms. The summed E-state index contributed by atoms with van der Waals surface area (Å²) in [7, 11) is 0. The van der Waals surface area contributed by atoms with E-state index < -0.39 is 6.04 Å². The number of nitrogens with zero attached hydrogens (tertiary/aromatic N) is 1. The zero-order chi connectivity index (χ0) is 11.7. The van der Waals surface area contributed by atoms with Crippen LogP contribution in [0.3, 0.4) is 0 Å². The van der Waals surface area contributed by atoms with Crippen LogP contribution in [-0.4, -0.2) is 36.2 Å². The fourth-order valence-corrected chi connectivity index (χ4v) is 1.08. The van der Waals surface area contributed by atoms with Crippen molar-refractivity contribution in [3.05, 3.63) is 0 Å². The fraction of sp³-hybridized carbons (Fsp3) is 0.778. The lowest BCUT2D eigenvalue weighted by Gasteiger charge is -2.16. The summed E-state index contributed by atoms with van der Waals surface area (Å²) in [6.45, 7) is 4.23. The monoisotopic (exact) mass is 217 g/mol. The molecule has 0 aromatic heterocycles. The van der Waals surface area contributed by atoms with Crippen LogP contribution < -0.4 is 11.1 Å². The van der Waals surface area contributed by atoms with Crippen LogP contribution in [0.15, 0.2) is 5.16 Å². The quantitative estimate of drug-likeness (QED) is 0.243. The maximum absolute atomic E-state index is 11.3. The number of amides is 1. The van der Waals surface area contributed by atoms with Crippen molar-refractivity contribution in [2.45, 2.75) is 32.7 Å². The highest BCUT2D eigenvalue weighted by atomic mass is 16.5. The number of carbonyl (C=O) groups excluding carboxylic acids is 1. The minimum atomic E-state index is -0.423. The molecule has 1 atom stereocenters. The maximum atomic E-state index is 11.3. The predicted molar refractivity (Wildman–Crippen MR) is 56.7 cm³/mol. The number of amidine groups is 1. The number of nitrogens with two attached hydrogens (primary N) is 1. The van der Waals surface area contributed by atoms with Gasteiger partial charge in [-0.05, 0) is 13.3 Å². The number of hydrogen-bond acceptors (Lipinski definition) is 4. The van der Waals surface area contributed by atoms with Crippen molar-refractivity contribution in [2.24, 2.45) is 10.9 Å². The maximum Gasteiger partial charge on any atom is 0.246 e. The molecule has 88 valence electrons. The van der Waals surface area contributed by atoms with Gasteiger partial charge < -0.3 is 21.0 Å². The molecule has 0 bridgehead atoms. The first-order valence-electron chi connectivity index (χ1n) is 5.00. The molecule has 0 aliphatic rings. The number of rotatable bonds is 7. The Hall–Kier alpha value is -1.30. The van der Waals surface area contributed by atoms with Gasteiger partial charge >= 0.3 is 0 Å².